The number of anilines is 1. The second kappa shape index (κ2) is 10.2. The van der Waals surface area contributed by atoms with Crippen molar-refractivity contribution in [2.45, 2.75) is 58.3 Å². The molecule has 0 atom stereocenters. The van der Waals surface area contributed by atoms with Crippen molar-refractivity contribution >= 4 is 11.5 Å². The summed E-state index contributed by atoms with van der Waals surface area (Å²) in [5.41, 5.74) is 0.0819. The highest BCUT2D eigenvalue weighted by Gasteiger charge is 2.05. The second-order valence-electron chi connectivity index (χ2n) is 5.06. The largest absolute Gasteiger partial charge is 0.370 e. The van der Waals surface area contributed by atoms with Crippen molar-refractivity contribution in [2.75, 3.05) is 11.9 Å². The highest BCUT2D eigenvalue weighted by molar-refractivity contribution is 5.43. The minimum atomic E-state index is -0.400. The maximum Gasteiger partial charge on any atom is 0.274 e. The number of aromatic nitrogens is 1. The summed E-state index contributed by atoms with van der Waals surface area (Å²) in [6.07, 6.45) is 11.7. The summed E-state index contributed by atoms with van der Waals surface area (Å²) in [6.45, 7) is 3.05. The van der Waals surface area contributed by atoms with Crippen LogP contribution >= 0.6 is 0 Å². The van der Waals surface area contributed by atoms with E-state index >= 15 is 0 Å². The third-order valence-electron chi connectivity index (χ3n) is 3.29. The Morgan fingerprint density at radius 1 is 1.15 bits per heavy atom. The molecule has 0 saturated carbocycles. The van der Waals surface area contributed by atoms with Gasteiger partial charge in [-0.3, -0.25) is 10.1 Å². The topological polar surface area (TPSA) is 68.1 Å². The van der Waals surface area contributed by atoms with Gasteiger partial charge in [-0.25, -0.2) is 4.98 Å². The second-order valence-corrected chi connectivity index (χ2v) is 5.06. The van der Waals surface area contributed by atoms with Crippen LogP contribution in [0.5, 0.6) is 0 Å². The lowest BCUT2D eigenvalue weighted by molar-refractivity contribution is -0.384. The van der Waals surface area contributed by atoms with Gasteiger partial charge in [-0.2, -0.15) is 0 Å². The Morgan fingerprint density at radius 2 is 1.80 bits per heavy atom. The monoisotopic (exact) mass is 279 g/mol. The van der Waals surface area contributed by atoms with Crippen LogP contribution < -0.4 is 5.32 Å². The zero-order valence-corrected chi connectivity index (χ0v) is 12.3. The van der Waals surface area contributed by atoms with E-state index in [1.54, 1.807) is 0 Å². The molecule has 1 aromatic rings. The molecule has 1 rings (SSSR count). The molecule has 0 spiro atoms. The molecule has 0 amide bonds. The zero-order chi connectivity index (χ0) is 14.6. The Morgan fingerprint density at radius 3 is 2.45 bits per heavy atom. The molecule has 1 N–H and O–H groups in total. The van der Waals surface area contributed by atoms with E-state index in [4.69, 9.17) is 0 Å². The summed E-state index contributed by atoms with van der Waals surface area (Å²) in [7, 11) is 0. The van der Waals surface area contributed by atoms with Crippen molar-refractivity contribution in [2.24, 2.45) is 0 Å². The van der Waals surface area contributed by atoms with E-state index in [9.17, 15) is 10.1 Å². The summed E-state index contributed by atoms with van der Waals surface area (Å²) < 4.78 is 0. The van der Waals surface area contributed by atoms with Crippen LogP contribution in [-0.2, 0) is 0 Å². The first-order valence-corrected chi connectivity index (χ1v) is 7.58. The molecule has 0 aliphatic heterocycles. The Balaban J connectivity index is 2.06. The number of nitrogens with zero attached hydrogens (tertiary/aromatic N) is 2. The van der Waals surface area contributed by atoms with Crippen LogP contribution in [0, 0.1) is 10.1 Å². The fraction of sp³-hybridized carbons (Fsp3) is 0.667. The number of nitro groups is 1. The van der Waals surface area contributed by atoms with Crippen LogP contribution in [0.25, 0.3) is 0 Å². The molecular weight excluding hydrogens is 254 g/mol. The minimum Gasteiger partial charge on any atom is -0.370 e. The van der Waals surface area contributed by atoms with Gasteiger partial charge in [0, 0.05) is 18.8 Å². The predicted molar refractivity (Wildman–Crippen MR) is 82.0 cm³/mol. The third kappa shape index (κ3) is 7.07. The maximum absolute atomic E-state index is 10.6. The van der Waals surface area contributed by atoms with Crippen molar-refractivity contribution in [3.63, 3.8) is 0 Å². The number of nitrogens with one attached hydrogen (secondary N) is 1. The molecule has 0 unspecified atom stereocenters. The number of rotatable bonds is 11. The normalized spacial score (nSPS) is 10.4. The maximum atomic E-state index is 10.6. The van der Waals surface area contributed by atoms with Crippen LogP contribution in [-0.4, -0.2) is 16.5 Å². The van der Waals surface area contributed by atoms with Gasteiger partial charge in [0.2, 0.25) is 0 Å². The van der Waals surface area contributed by atoms with E-state index in [-0.39, 0.29) is 5.69 Å². The lowest BCUT2D eigenvalue weighted by Crippen LogP contribution is -2.03. The van der Waals surface area contributed by atoms with Gasteiger partial charge in [-0.15, -0.1) is 0 Å². The fourth-order valence-corrected chi connectivity index (χ4v) is 2.10. The van der Waals surface area contributed by atoms with Gasteiger partial charge in [0.15, 0.2) is 0 Å². The van der Waals surface area contributed by atoms with Crippen molar-refractivity contribution in [3.05, 3.63) is 28.4 Å². The number of hydrogen-bond donors (Lipinski definition) is 1. The van der Waals surface area contributed by atoms with Crippen LogP contribution in [0.3, 0.4) is 0 Å². The summed E-state index contributed by atoms with van der Waals surface area (Å²) in [5.74, 6) is 0.585. The molecule has 112 valence electrons. The van der Waals surface area contributed by atoms with Gasteiger partial charge in [-0.05, 0) is 6.42 Å². The minimum absolute atomic E-state index is 0.0819. The highest BCUT2D eigenvalue weighted by Crippen LogP contribution is 2.14. The molecule has 0 aliphatic rings. The van der Waals surface area contributed by atoms with Crippen molar-refractivity contribution in [1.29, 1.82) is 0 Å². The first-order chi connectivity index (χ1) is 9.74. The molecular formula is C15H25N3O2. The lowest BCUT2D eigenvalue weighted by atomic mass is 10.1. The average molecular weight is 279 g/mol. The van der Waals surface area contributed by atoms with Crippen molar-refractivity contribution in [1.82, 2.24) is 4.98 Å². The van der Waals surface area contributed by atoms with Crippen LogP contribution in [0.2, 0.25) is 0 Å². The van der Waals surface area contributed by atoms with Crippen molar-refractivity contribution in [3.8, 4) is 0 Å². The summed E-state index contributed by atoms with van der Waals surface area (Å²) >= 11 is 0. The fourth-order valence-electron chi connectivity index (χ4n) is 2.10. The van der Waals surface area contributed by atoms with Gasteiger partial charge < -0.3 is 5.32 Å². The zero-order valence-electron chi connectivity index (χ0n) is 12.3. The molecule has 0 aromatic carbocycles. The lowest BCUT2D eigenvalue weighted by Gasteiger charge is -2.05. The molecule has 0 radical (unpaired) electrons. The molecule has 0 fully saturated rings. The summed E-state index contributed by atoms with van der Waals surface area (Å²) in [6, 6.07) is 2.88. The van der Waals surface area contributed by atoms with Gasteiger partial charge in [0.05, 0.1) is 11.0 Å². The van der Waals surface area contributed by atoms with E-state index in [0.717, 1.165) is 13.0 Å². The molecule has 0 bridgehead atoms. The summed E-state index contributed by atoms with van der Waals surface area (Å²) in [5, 5.41) is 13.8. The van der Waals surface area contributed by atoms with Crippen molar-refractivity contribution < 1.29 is 4.92 Å². The number of unbranched alkanes of at least 4 members (excludes halogenated alkanes) is 7. The summed E-state index contributed by atoms with van der Waals surface area (Å²) in [4.78, 5) is 14.3. The van der Waals surface area contributed by atoms with Gasteiger partial charge >= 0.3 is 0 Å². The first kappa shape index (κ1) is 16.4. The molecule has 1 aromatic heterocycles. The van der Waals surface area contributed by atoms with Crippen LogP contribution in [0.4, 0.5) is 11.5 Å². The van der Waals surface area contributed by atoms with E-state index in [0.29, 0.717) is 5.82 Å². The van der Waals surface area contributed by atoms with Crippen LogP contribution in [0.15, 0.2) is 18.3 Å². The Hall–Kier alpha value is -1.65. The van der Waals surface area contributed by atoms with Gasteiger partial charge in [0.1, 0.15) is 5.82 Å². The SMILES string of the molecule is CCCCCCCCCCNc1cc([N+](=O)[O-])ccn1. The molecule has 20 heavy (non-hydrogen) atoms. The molecule has 0 saturated heterocycles. The van der Waals surface area contributed by atoms with E-state index in [1.165, 1.54) is 63.3 Å². The quantitative estimate of drug-likeness (QED) is 0.367. The smallest absolute Gasteiger partial charge is 0.274 e. The molecule has 5 heteroatoms. The molecule has 1 heterocycles. The molecule has 5 nitrogen and oxygen atoms in total. The predicted octanol–water partition coefficient (Wildman–Crippen LogP) is 4.54. The highest BCUT2D eigenvalue weighted by atomic mass is 16.6. The molecule has 0 aliphatic carbocycles. The number of pyridine rings is 1. The standard InChI is InChI=1S/C15H25N3O2/c1-2-3-4-5-6-7-8-9-11-16-15-13-14(18(19)20)10-12-17-15/h10,12-13H,2-9,11H2,1H3,(H,16,17). The van der Waals surface area contributed by atoms with E-state index in [2.05, 4.69) is 17.2 Å². The van der Waals surface area contributed by atoms with Gasteiger partial charge in [-0.1, -0.05) is 51.9 Å². The number of hydrogen-bond acceptors (Lipinski definition) is 4. The Bertz CT molecular complexity index is 396. The average Bonchev–Trinajstić information content (AvgIpc) is 2.46. The van der Waals surface area contributed by atoms with E-state index < -0.39 is 4.92 Å². The third-order valence-corrected chi connectivity index (χ3v) is 3.29. The van der Waals surface area contributed by atoms with Crippen LogP contribution in [0.1, 0.15) is 58.3 Å². The Kier molecular flexibility index (Phi) is 8.35. The van der Waals surface area contributed by atoms with Gasteiger partial charge in [0.25, 0.3) is 5.69 Å². The first-order valence-electron chi connectivity index (χ1n) is 7.58. The Labute approximate surface area is 121 Å². The van der Waals surface area contributed by atoms with E-state index in [1.807, 2.05) is 0 Å².